The Morgan fingerprint density at radius 1 is 0.452 bits per heavy atom. The molecular weight excluding hydrogens is 506 g/mol. The van der Waals surface area contributed by atoms with Crippen LogP contribution in [0.4, 0.5) is 0 Å². The van der Waals surface area contributed by atoms with Crippen LogP contribution in [0, 0.1) is 0 Å². The average molecular weight is 536 g/mol. The van der Waals surface area contributed by atoms with E-state index in [-0.39, 0.29) is 5.41 Å². The van der Waals surface area contributed by atoms with E-state index in [4.69, 9.17) is 0 Å². The number of fused-ring (bicyclic) bond motifs is 9. The minimum atomic E-state index is -0.00994. The highest BCUT2D eigenvalue weighted by atomic mass is 15.0. The molecule has 0 amide bonds. The van der Waals surface area contributed by atoms with Gasteiger partial charge in [-0.1, -0.05) is 117 Å². The van der Waals surface area contributed by atoms with Gasteiger partial charge in [0.1, 0.15) is 0 Å². The maximum absolute atomic E-state index is 2.39. The molecule has 1 aromatic heterocycles. The zero-order valence-electron chi connectivity index (χ0n) is 23.7. The van der Waals surface area contributed by atoms with Crippen LogP contribution >= 0.6 is 0 Å². The van der Waals surface area contributed by atoms with E-state index in [0.29, 0.717) is 0 Å². The van der Waals surface area contributed by atoms with Crippen molar-refractivity contribution in [3.8, 4) is 27.9 Å². The van der Waals surface area contributed by atoms with Gasteiger partial charge in [0.25, 0.3) is 0 Å². The first-order chi connectivity index (χ1) is 20.6. The van der Waals surface area contributed by atoms with Gasteiger partial charge in [-0.05, 0) is 91.3 Å². The lowest BCUT2D eigenvalue weighted by Crippen LogP contribution is -2.15. The molecule has 0 spiro atoms. The Morgan fingerprint density at radius 3 is 1.83 bits per heavy atom. The lowest BCUT2D eigenvalue weighted by Gasteiger charge is -2.23. The Bertz CT molecular complexity index is 2330. The predicted octanol–water partition coefficient (Wildman–Crippen LogP) is 11.1. The molecular formula is C41H29N. The van der Waals surface area contributed by atoms with Crippen molar-refractivity contribution in [2.45, 2.75) is 19.3 Å². The third kappa shape index (κ3) is 3.19. The molecule has 42 heavy (non-hydrogen) atoms. The molecule has 1 nitrogen and oxygen atoms in total. The minimum Gasteiger partial charge on any atom is -0.309 e. The average Bonchev–Trinajstić information content (AvgIpc) is 3.49. The van der Waals surface area contributed by atoms with Crippen molar-refractivity contribution in [3.63, 3.8) is 0 Å². The molecule has 0 saturated heterocycles. The fraction of sp³-hybridized carbons (Fsp3) is 0.0732. The summed E-state index contributed by atoms with van der Waals surface area (Å²) < 4.78 is 2.39. The standard InChI is InChI=1S/C41H29N/c1-41(2)37-12-6-3-9-33(37)36-22-19-30-24-28(18-21-32(30)40(36)41)26-15-16-29-25-31(20-17-27(29)23-26)42-38-13-7-4-10-34(38)35-11-5-8-14-39(35)42/h3-25H,1-2H3. The SMILES string of the molecule is CC1(C)c2ccccc2-c2ccc3cc(-c4ccc5cc(-n6c7ccccc7c7ccccc76)ccc5c4)ccc3c21. The third-order valence-corrected chi connectivity index (χ3v) is 9.53. The lowest BCUT2D eigenvalue weighted by atomic mass is 9.80. The minimum absolute atomic E-state index is 0.00994. The monoisotopic (exact) mass is 535 g/mol. The van der Waals surface area contributed by atoms with Crippen LogP contribution in [-0.4, -0.2) is 4.57 Å². The Hall–Kier alpha value is -5.14. The van der Waals surface area contributed by atoms with Crippen LogP contribution in [0.3, 0.4) is 0 Å². The molecule has 1 heterocycles. The molecule has 1 heteroatoms. The van der Waals surface area contributed by atoms with Gasteiger partial charge in [0.05, 0.1) is 11.0 Å². The van der Waals surface area contributed by atoms with Gasteiger partial charge in [-0.25, -0.2) is 0 Å². The summed E-state index contributed by atoms with van der Waals surface area (Å²) in [6.07, 6.45) is 0. The van der Waals surface area contributed by atoms with E-state index in [1.807, 2.05) is 0 Å². The Balaban J connectivity index is 1.14. The molecule has 0 saturated carbocycles. The van der Waals surface area contributed by atoms with Gasteiger partial charge in [0.15, 0.2) is 0 Å². The highest BCUT2D eigenvalue weighted by molar-refractivity contribution is 6.09. The second-order valence-electron chi connectivity index (χ2n) is 12.2. The first-order valence-electron chi connectivity index (χ1n) is 14.8. The second-order valence-corrected chi connectivity index (χ2v) is 12.2. The van der Waals surface area contributed by atoms with Crippen LogP contribution in [-0.2, 0) is 5.41 Å². The summed E-state index contributed by atoms with van der Waals surface area (Å²) in [6, 6.07) is 51.6. The summed E-state index contributed by atoms with van der Waals surface area (Å²) in [5, 5.41) is 7.73. The Kier molecular flexibility index (Phi) is 4.73. The number of hydrogen-bond donors (Lipinski definition) is 0. The molecule has 0 unspecified atom stereocenters. The third-order valence-electron chi connectivity index (χ3n) is 9.53. The highest BCUT2D eigenvalue weighted by Gasteiger charge is 2.36. The van der Waals surface area contributed by atoms with Crippen LogP contribution in [0.2, 0.25) is 0 Å². The van der Waals surface area contributed by atoms with Gasteiger partial charge in [0, 0.05) is 21.9 Å². The summed E-state index contributed by atoms with van der Waals surface area (Å²) >= 11 is 0. The van der Waals surface area contributed by atoms with E-state index in [2.05, 4.69) is 158 Å². The molecule has 0 N–H and O–H groups in total. The first-order valence-corrected chi connectivity index (χ1v) is 14.8. The van der Waals surface area contributed by atoms with Crippen LogP contribution in [0.25, 0.3) is 71.3 Å². The topological polar surface area (TPSA) is 4.93 Å². The largest absolute Gasteiger partial charge is 0.309 e. The number of nitrogens with zero attached hydrogens (tertiary/aromatic N) is 1. The maximum atomic E-state index is 2.39. The Labute approximate surface area is 245 Å². The van der Waals surface area contributed by atoms with Gasteiger partial charge in [-0.2, -0.15) is 0 Å². The van der Waals surface area contributed by atoms with E-state index in [9.17, 15) is 0 Å². The normalized spacial score (nSPS) is 13.7. The van der Waals surface area contributed by atoms with Crippen LogP contribution in [0.15, 0.2) is 140 Å². The molecule has 0 aliphatic heterocycles. The fourth-order valence-electron chi connectivity index (χ4n) is 7.56. The molecule has 7 aromatic carbocycles. The number of benzene rings is 7. The molecule has 1 aliphatic carbocycles. The van der Waals surface area contributed by atoms with Crippen molar-refractivity contribution < 1.29 is 0 Å². The van der Waals surface area contributed by atoms with Gasteiger partial charge >= 0.3 is 0 Å². The number of para-hydroxylation sites is 2. The van der Waals surface area contributed by atoms with E-state index in [1.54, 1.807) is 0 Å². The molecule has 0 radical (unpaired) electrons. The molecule has 1 aliphatic rings. The molecule has 9 rings (SSSR count). The fourth-order valence-corrected chi connectivity index (χ4v) is 7.56. The summed E-state index contributed by atoms with van der Waals surface area (Å²) in [6.45, 7) is 4.73. The molecule has 0 atom stereocenters. The Morgan fingerprint density at radius 2 is 1.05 bits per heavy atom. The van der Waals surface area contributed by atoms with Crippen molar-refractivity contribution in [1.29, 1.82) is 0 Å². The van der Waals surface area contributed by atoms with Crippen molar-refractivity contribution >= 4 is 43.4 Å². The van der Waals surface area contributed by atoms with Crippen molar-refractivity contribution in [3.05, 3.63) is 151 Å². The van der Waals surface area contributed by atoms with E-state index in [1.165, 1.54) is 82.4 Å². The number of hydrogen-bond acceptors (Lipinski definition) is 0. The zero-order chi connectivity index (χ0) is 28.0. The van der Waals surface area contributed by atoms with Gasteiger partial charge in [-0.3, -0.25) is 0 Å². The van der Waals surface area contributed by atoms with E-state index >= 15 is 0 Å². The quantitative estimate of drug-likeness (QED) is 0.207. The summed E-state index contributed by atoms with van der Waals surface area (Å²) in [7, 11) is 0. The smallest absolute Gasteiger partial charge is 0.0541 e. The zero-order valence-corrected chi connectivity index (χ0v) is 23.7. The number of aromatic nitrogens is 1. The first kappa shape index (κ1) is 23.6. The molecule has 198 valence electrons. The summed E-state index contributed by atoms with van der Waals surface area (Å²) in [5.74, 6) is 0. The molecule has 8 aromatic rings. The molecule has 0 bridgehead atoms. The van der Waals surface area contributed by atoms with Crippen LogP contribution in [0.5, 0.6) is 0 Å². The molecule has 0 fully saturated rings. The number of rotatable bonds is 2. The lowest BCUT2D eigenvalue weighted by molar-refractivity contribution is 0.666. The second kappa shape index (κ2) is 8.44. The van der Waals surface area contributed by atoms with Crippen LogP contribution < -0.4 is 0 Å². The van der Waals surface area contributed by atoms with Gasteiger partial charge in [-0.15, -0.1) is 0 Å². The van der Waals surface area contributed by atoms with E-state index in [0.717, 1.165) is 0 Å². The maximum Gasteiger partial charge on any atom is 0.0541 e. The summed E-state index contributed by atoms with van der Waals surface area (Å²) in [5.41, 5.74) is 11.8. The van der Waals surface area contributed by atoms with Crippen molar-refractivity contribution in [2.75, 3.05) is 0 Å². The summed E-state index contributed by atoms with van der Waals surface area (Å²) in [4.78, 5) is 0. The van der Waals surface area contributed by atoms with E-state index < -0.39 is 0 Å². The predicted molar refractivity (Wildman–Crippen MR) is 179 cm³/mol. The van der Waals surface area contributed by atoms with Crippen molar-refractivity contribution in [2.24, 2.45) is 0 Å². The van der Waals surface area contributed by atoms with Gasteiger partial charge < -0.3 is 4.57 Å². The van der Waals surface area contributed by atoms with Crippen LogP contribution in [0.1, 0.15) is 25.0 Å². The highest BCUT2D eigenvalue weighted by Crippen LogP contribution is 2.51. The van der Waals surface area contributed by atoms with Gasteiger partial charge in [0.2, 0.25) is 0 Å². The van der Waals surface area contributed by atoms with Crippen molar-refractivity contribution in [1.82, 2.24) is 4.57 Å².